The minimum absolute atomic E-state index is 0.0933. The Balaban J connectivity index is 2.07. The minimum atomic E-state index is 0.0933. The Morgan fingerprint density at radius 3 is 2.67 bits per heavy atom. The van der Waals surface area contributed by atoms with E-state index in [4.69, 9.17) is 27.9 Å². The Morgan fingerprint density at radius 2 is 1.88 bits per heavy atom. The molecule has 2 aromatic carbocycles. The maximum Gasteiger partial charge on any atom is 0.123 e. The molecule has 0 aliphatic carbocycles. The third-order valence-corrected chi connectivity index (χ3v) is 5.17. The highest BCUT2D eigenvalue weighted by Crippen LogP contribution is 2.37. The number of nitrogens with zero attached hydrogens (tertiary/aromatic N) is 1. The summed E-state index contributed by atoms with van der Waals surface area (Å²) >= 11 is 12.4. The summed E-state index contributed by atoms with van der Waals surface area (Å²) in [6.07, 6.45) is 1.12. The predicted octanol–water partition coefficient (Wildman–Crippen LogP) is 4.39. The van der Waals surface area contributed by atoms with Crippen LogP contribution >= 0.6 is 23.2 Å². The standard InChI is InChI=1S/C19H22Cl2N2O/c1-24-18-6-3-2-5-15(18)19(23-11-4-9-22-10-12-23)14-7-8-16(20)17(21)13-14/h2-3,5-8,13,19,22H,4,9-12H2,1H3. The van der Waals surface area contributed by atoms with Crippen LogP contribution < -0.4 is 10.1 Å². The number of halogens is 2. The van der Waals surface area contributed by atoms with Crippen molar-refractivity contribution in [2.75, 3.05) is 33.3 Å². The smallest absolute Gasteiger partial charge is 0.123 e. The monoisotopic (exact) mass is 364 g/mol. The first kappa shape index (κ1) is 17.6. The van der Waals surface area contributed by atoms with Crippen molar-refractivity contribution in [1.29, 1.82) is 0 Å². The molecule has 0 bridgehead atoms. The number of benzene rings is 2. The summed E-state index contributed by atoms with van der Waals surface area (Å²) in [7, 11) is 1.72. The van der Waals surface area contributed by atoms with Crippen molar-refractivity contribution >= 4 is 23.2 Å². The fraction of sp³-hybridized carbons (Fsp3) is 0.368. The summed E-state index contributed by atoms with van der Waals surface area (Å²) in [5.41, 5.74) is 2.29. The second kappa shape index (κ2) is 8.21. The van der Waals surface area contributed by atoms with Crippen LogP contribution in [0.4, 0.5) is 0 Å². The summed E-state index contributed by atoms with van der Waals surface area (Å²) in [6, 6.07) is 14.2. The van der Waals surface area contributed by atoms with Crippen molar-refractivity contribution in [1.82, 2.24) is 10.2 Å². The number of hydrogen-bond acceptors (Lipinski definition) is 3. The topological polar surface area (TPSA) is 24.5 Å². The highest BCUT2D eigenvalue weighted by molar-refractivity contribution is 6.42. The number of rotatable bonds is 4. The van der Waals surface area contributed by atoms with E-state index in [1.165, 1.54) is 0 Å². The lowest BCUT2D eigenvalue weighted by Gasteiger charge is -2.32. The fourth-order valence-corrected chi connectivity index (χ4v) is 3.59. The van der Waals surface area contributed by atoms with Gasteiger partial charge in [-0.05, 0) is 36.7 Å². The van der Waals surface area contributed by atoms with E-state index in [2.05, 4.69) is 28.4 Å². The van der Waals surface area contributed by atoms with Gasteiger partial charge in [-0.3, -0.25) is 4.90 Å². The van der Waals surface area contributed by atoms with E-state index in [0.29, 0.717) is 10.0 Å². The second-order valence-corrected chi connectivity index (χ2v) is 6.77. The van der Waals surface area contributed by atoms with Crippen LogP contribution in [-0.4, -0.2) is 38.2 Å². The van der Waals surface area contributed by atoms with Crippen molar-refractivity contribution in [3.63, 3.8) is 0 Å². The summed E-state index contributed by atoms with van der Waals surface area (Å²) in [6.45, 7) is 4.03. The van der Waals surface area contributed by atoms with Gasteiger partial charge in [-0.1, -0.05) is 47.5 Å². The van der Waals surface area contributed by atoms with Crippen LogP contribution in [0, 0.1) is 0 Å². The van der Waals surface area contributed by atoms with Gasteiger partial charge in [0.15, 0.2) is 0 Å². The van der Waals surface area contributed by atoms with Gasteiger partial charge in [0.05, 0.1) is 23.2 Å². The summed E-state index contributed by atoms with van der Waals surface area (Å²) < 4.78 is 5.62. The Kier molecular flexibility index (Phi) is 6.01. The molecule has 128 valence electrons. The van der Waals surface area contributed by atoms with Crippen molar-refractivity contribution in [2.24, 2.45) is 0 Å². The van der Waals surface area contributed by atoms with Crippen LogP contribution in [0.15, 0.2) is 42.5 Å². The first-order valence-electron chi connectivity index (χ1n) is 8.23. The van der Waals surface area contributed by atoms with E-state index in [1.54, 1.807) is 7.11 Å². The van der Waals surface area contributed by atoms with E-state index < -0.39 is 0 Å². The molecule has 1 fully saturated rings. The van der Waals surface area contributed by atoms with Crippen molar-refractivity contribution in [2.45, 2.75) is 12.5 Å². The maximum absolute atomic E-state index is 6.30. The van der Waals surface area contributed by atoms with Crippen LogP contribution in [0.5, 0.6) is 5.75 Å². The van der Waals surface area contributed by atoms with Gasteiger partial charge < -0.3 is 10.1 Å². The highest BCUT2D eigenvalue weighted by Gasteiger charge is 2.26. The Hall–Kier alpha value is -1.26. The molecule has 1 saturated heterocycles. The molecule has 3 nitrogen and oxygen atoms in total. The molecule has 0 spiro atoms. The SMILES string of the molecule is COc1ccccc1C(c1ccc(Cl)c(Cl)c1)N1CCCNCC1. The van der Waals surface area contributed by atoms with E-state index in [9.17, 15) is 0 Å². The third-order valence-electron chi connectivity index (χ3n) is 4.43. The molecule has 2 aromatic rings. The molecular weight excluding hydrogens is 343 g/mol. The first-order valence-corrected chi connectivity index (χ1v) is 8.99. The molecule has 0 aromatic heterocycles. The molecule has 1 heterocycles. The van der Waals surface area contributed by atoms with Crippen molar-refractivity contribution in [3.8, 4) is 5.75 Å². The largest absolute Gasteiger partial charge is 0.496 e. The normalized spacial score (nSPS) is 17.3. The van der Waals surface area contributed by atoms with E-state index in [0.717, 1.165) is 49.5 Å². The van der Waals surface area contributed by atoms with Gasteiger partial charge in [0.1, 0.15) is 5.75 Å². The lowest BCUT2D eigenvalue weighted by molar-refractivity contribution is 0.236. The van der Waals surface area contributed by atoms with Crippen molar-refractivity contribution in [3.05, 3.63) is 63.6 Å². The van der Waals surface area contributed by atoms with Gasteiger partial charge in [-0.2, -0.15) is 0 Å². The second-order valence-electron chi connectivity index (χ2n) is 5.96. The average molecular weight is 365 g/mol. The highest BCUT2D eigenvalue weighted by atomic mass is 35.5. The lowest BCUT2D eigenvalue weighted by atomic mass is 9.96. The van der Waals surface area contributed by atoms with E-state index in [-0.39, 0.29) is 6.04 Å². The number of ether oxygens (including phenoxy) is 1. The van der Waals surface area contributed by atoms with Crippen LogP contribution in [0.1, 0.15) is 23.6 Å². The molecule has 1 aliphatic heterocycles. The molecule has 1 aliphatic rings. The van der Waals surface area contributed by atoms with Crippen molar-refractivity contribution < 1.29 is 4.74 Å². The first-order chi connectivity index (χ1) is 11.7. The molecular formula is C19H22Cl2N2O. The molecule has 5 heteroatoms. The number of methoxy groups -OCH3 is 1. The van der Waals surface area contributed by atoms with Gasteiger partial charge in [-0.25, -0.2) is 0 Å². The average Bonchev–Trinajstić information content (AvgIpc) is 2.88. The summed E-state index contributed by atoms with van der Waals surface area (Å²) in [5, 5.41) is 4.63. The zero-order valence-corrected chi connectivity index (χ0v) is 15.3. The van der Waals surface area contributed by atoms with Gasteiger partial charge in [0.25, 0.3) is 0 Å². The van der Waals surface area contributed by atoms with Gasteiger partial charge in [0.2, 0.25) is 0 Å². The summed E-state index contributed by atoms with van der Waals surface area (Å²) in [5.74, 6) is 0.894. The van der Waals surface area contributed by atoms with E-state index >= 15 is 0 Å². The molecule has 0 radical (unpaired) electrons. The van der Waals surface area contributed by atoms with Crippen LogP contribution in [0.25, 0.3) is 0 Å². The molecule has 3 rings (SSSR count). The number of hydrogen-bond donors (Lipinski definition) is 1. The van der Waals surface area contributed by atoms with Gasteiger partial charge in [0, 0.05) is 25.2 Å². The number of nitrogens with one attached hydrogen (secondary N) is 1. The molecule has 0 saturated carbocycles. The maximum atomic E-state index is 6.30. The lowest BCUT2D eigenvalue weighted by Crippen LogP contribution is -2.33. The summed E-state index contributed by atoms with van der Waals surface area (Å²) in [4.78, 5) is 2.48. The zero-order valence-electron chi connectivity index (χ0n) is 13.8. The van der Waals surface area contributed by atoms with Crippen LogP contribution in [0.3, 0.4) is 0 Å². The molecule has 1 N–H and O–H groups in total. The quantitative estimate of drug-likeness (QED) is 0.870. The van der Waals surface area contributed by atoms with Gasteiger partial charge >= 0.3 is 0 Å². The minimum Gasteiger partial charge on any atom is -0.496 e. The zero-order chi connectivity index (χ0) is 16.9. The van der Waals surface area contributed by atoms with Crippen LogP contribution in [-0.2, 0) is 0 Å². The third kappa shape index (κ3) is 3.86. The molecule has 0 amide bonds. The Labute approximate surface area is 153 Å². The molecule has 1 atom stereocenters. The fourth-order valence-electron chi connectivity index (χ4n) is 3.29. The molecule has 1 unspecified atom stereocenters. The van der Waals surface area contributed by atoms with Gasteiger partial charge in [-0.15, -0.1) is 0 Å². The predicted molar refractivity (Wildman–Crippen MR) is 100 cm³/mol. The number of para-hydroxylation sites is 1. The van der Waals surface area contributed by atoms with Crippen LogP contribution in [0.2, 0.25) is 10.0 Å². The Morgan fingerprint density at radius 1 is 1.04 bits per heavy atom. The Bertz CT molecular complexity index is 685. The van der Waals surface area contributed by atoms with E-state index in [1.807, 2.05) is 24.3 Å². The molecule has 24 heavy (non-hydrogen) atoms.